The van der Waals surface area contributed by atoms with Gasteiger partial charge in [-0.05, 0) is 66.2 Å². The number of hydrogen-bond acceptors (Lipinski definition) is 3. The van der Waals surface area contributed by atoms with Crippen LogP contribution in [0.1, 0.15) is 10.5 Å². The zero-order chi connectivity index (χ0) is 26.3. The maximum atomic E-state index is 14.6. The Morgan fingerprint density at radius 2 is 1.70 bits per heavy atom. The number of amides is 1. The predicted octanol–water partition coefficient (Wildman–Crippen LogP) is 5.74. The minimum Gasteiger partial charge on any atom is -0.351 e. The minimum atomic E-state index is -3.45. The number of aryl methyl sites for hydroxylation is 1. The number of carbonyl (C=O) groups is 1. The second-order valence-corrected chi connectivity index (χ2v) is 10.5. The van der Waals surface area contributed by atoms with Crippen molar-refractivity contribution < 1.29 is 22.0 Å². The number of H-pyrrole nitrogens is 1. The zero-order valence-electron chi connectivity index (χ0n) is 19.8. The Morgan fingerprint density at radius 1 is 0.919 bits per heavy atom. The normalized spacial score (nSPS) is 11.6. The number of nitrogens with zero attached hydrogens (tertiary/aromatic N) is 1. The number of anilines is 2. The highest BCUT2D eigenvalue weighted by Crippen LogP contribution is 2.32. The van der Waals surface area contributed by atoms with E-state index in [1.807, 2.05) is 29.9 Å². The summed E-state index contributed by atoms with van der Waals surface area (Å²) >= 11 is 0. The summed E-state index contributed by atoms with van der Waals surface area (Å²) in [6, 6.07) is 18.8. The fourth-order valence-corrected chi connectivity index (χ4v) is 4.77. The van der Waals surface area contributed by atoms with Gasteiger partial charge in [0.05, 0.1) is 11.9 Å². The van der Waals surface area contributed by atoms with E-state index in [0.29, 0.717) is 22.5 Å². The van der Waals surface area contributed by atoms with Crippen LogP contribution in [0.4, 0.5) is 20.2 Å². The number of fused-ring (bicyclic) bond motifs is 1. The van der Waals surface area contributed by atoms with Gasteiger partial charge in [0.15, 0.2) is 0 Å². The van der Waals surface area contributed by atoms with Gasteiger partial charge in [-0.15, -0.1) is 0 Å². The number of carbonyl (C=O) groups excluding carboxylic acids is 1. The fraction of sp³-hybridized carbons (Fsp3) is 0.0741. The van der Waals surface area contributed by atoms with Gasteiger partial charge in [0.2, 0.25) is 10.0 Å². The Labute approximate surface area is 211 Å². The maximum Gasteiger partial charge on any atom is 0.272 e. The summed E-state index contributed by atoms with van der Waals surface area (Å²) in [6.07, 6.45) is 2.93. The van der Waals surface area contributed by atoms with Gasteiger partial charge in [-0.3, -0.25) is 9.52 Å². The van der Waals surface area contributed by atoms with E-state index in [0.717, 1.165) is 29.0 Å². The van der Waals surface area contributed by atoms with Crippen molar-refractivity contribution >= 4 is 38.2 Å². The largest absolute Gasteiger partial charge is 0.351 e. The number of nitrogens with one attached hydrogen (secondary N) is 3. The molecule has 2 aromatic heterocycles. The molecule has 1 amide bonds. The summed E-state index contributed by atoms with van der Waals surface area (Å²) in [5.41, 5.74) is 3.86. The molecule has 0 aliphatic heterocycles. The molecule has 2 heterocycles. The standard InChI is InChI=1S/C27H22F2N4O3S/c1-33-9-3-4-26(33)18-10-17(22-8-6-19(28)14-23(22)29)11-21(12-18)30-27(34)25-13-16-5-7-20(15-24(16)31-25)32-37(2,35)36/h3-15,31-32H,1-2H3,(H,30,34). The molecule has 0 radical (unpaired) electrons. The topological polar surface area (TPSA) is 96.0 Å². The molecular formula is C27H22F2N4O3S. The van der Waals surface area contributed by atoms with Crippen LogP contribution in [0, 0.1) is 11.6 Å². The lowest BCUT2D eigenvalue weighted by Gasteiger charge is -2.13. The van der Waals surface area contributed by atoms with E-state index in [1.54, 1.807) is 42.5 Å². The van der Waals surface area contributed by atoms with E-state index in [9.17, 15) is 22.0 Å². The summed E-state index contributed by atoms with van der Waals surface area (Å²) in [4.78, 5) is 16.1. The van der Waals surface area contributed by atoms with Gasteiger partial charge in [-0.1, -0.05) is 6.07 Å². The maximum absolute atomic E-state index is 14.6. The highest BCUT2D eigenvalue weighted by Gasteiger charge is 2.15. The second-order valence-electron chi connectivity index (χ2n) is 8.74. The Bertz CT molecular complexity index is 1770. The lowest BCUT2D eigenvalue weighted by Crippen LogP contribution is -2.12. The van der Waals surface area contributed by atoms with Crippen LogP contribution in [0.15, 0.2) is 79.0 Å². The third-order valence-corrected chi connectivity index (χ3v) is 6.45. The molecular weight excluding hydrogens is 498 g/mol. The number of aromatic amines is 1. The first-order chi connectivity index (χ1) is 17.6. The van der Waals surface area contributed by atoms with Crippen LogP contribution >= 0.6 is 0 Å². The molecule has 0 spiro atoms. The van der Waals surface area contributed by atoms with Gasteiger partial charge in [-0.25, -0.2) is 17.2 Å². The Hall–Kier alpha value is -4.44. The van der Waals surface area contributed by atoms with Crippen molar-refractivity contribution in [3.63, 3.8) is 0 Å². The van der Waals surface area contributed by atoms with E-state index in [4.69, 9.17) is 0 Å². The van der Waals surface area contributed by atoms with Gasteiger partial charge in [-0.2, -0.15) is 0 Å². The summed E-state index contributed by atoms with van der Waals surface area (Å²) in [5.74, 6) is -1.83. The number of halogens is 2. The van der Waals surface area contributed by atoms with Crippen molar-refractivity contribution in [2.45, 2.75) is 0 Å². The lowest BCUT2D eigenvalue weighted by atomic mass is 10.00. The lowest BCUT2D eigenvalue weighted by molar-refractivity contribution is 0.102. The average Bonchev–Trinajstić information content (AvgIpc) is 3.43. The van der Waals surface area contributed by atoms with E-state index in [-0.39, 0.29) is 11.3 Å². The molecule has 188 valence electrons. The SMILES string of the molecule is Cn1cccc1-c1cc(NC(=O)c2cc3ccc(NS(C)(=O)=O)cc3[nH]2)cc(-c2ccc(F)cc2F)c1. The van der Waals surface area contributed by atoms with Crippen molar-refractivity contribution in [2.75, 3.05) is 16.3 Å². The third-order valence-electron chi connectivity index (χ3n) is 5.84. The molecule has 0 aliphatic rings. The smallest absolute Gasteiger partial charge is 0.272 e. The van der Waals surface area contributed by atoms with Crippen LogP contribution in [0.2, 0.25) is 0 Å². The molecule has 3 N–H and O–H groups in total. The molecule has 5 rings (SSSR count). The van der Waals surface area contributed by atoms with Crippen LogP contribution in [0.3, 0.4) is 0 Å². The van der Waals surface area contributed by atoms with Crippen LogP contribution in [-0.2, 0) is 17.1 Å². The van der Waals surface area contributed by atoms with Crippen molar-refractivity contribution in [2.24, 2.45) is 7.05 Å². The highest BCUT2D eigenvalue weighted by atomic mass is 32.2. The van der Waals surface area contributed by atoms with Crippen molar-refractivity contribution in [1.29, 1.82) is 0 Å². The first-order valence-electron chi connectivity index (χ1n) is 11.2. The summed E-state index contributed by atoms with van der Waals surface area (Å²) in [6.45, 7) is 0. The molecule has 10 heteroatoms. The van der Waals surface area contributed by atoms with Gasteiger partial charge < -0.3 is 14.9 Å². The Morgan fingerprint density at radius 3 is 2.41 bits per heavy atom. The first kappa shape index (κ1) is 24.3. The van der Waals surface area contributed by atoms with E-state index in [1.165, 1.54) is 12.1 Å². The summed E-state index contributed by atoms with van der Waals surface area (Å²) < 4.78 is 55.5. The van der Waals surface area contributed by atoms with Gasteiger partial charge in [0, 0.05) is 52.7 Å². The molecule has 3 aromatic carbocycles. The number of sulfonamides is 1. The van der Waals surface area contributed by atoms with Crippen molar-refractivity contribution in [3.05, 3.63) is 96.3 Å². The van der Waals surface area contributed by atoms with E-state index < -0.39 is 27.6 Å². The summed E-state index contributed by atoms with van der Waals surface area (Å²) in [7, 11) is -1.58. The molecule has 0 unspecified atom stereocenters. The number of benzene rings is 3. The Balaban J connectivity index is 1.51. The van der Waals surface area contributed by atoms with Crippen LogP contribution in [0.5, 0.6) is 0 Å². The monoisotopic (exact) mass is 520 g/mol. The molecule has 7 nitrogen and oxygen atoms in total. The minimum absolute atomic E-state index is 0.199. The molecule has 5 aromatic rings. The van der Waals surface area contributed by atoms with Crippen LogP contribution < -0.4 is 10.0 Å². The van der Waals surface area contributed by atoms with Crippen LogP contribution in [0.25, 0.3) is 33.3 Å². The molecule has 0 aliphatic carbocycles. The average molecular weight is 521 g/mol. The Kier molecular flexibility index (Phi) is 6.04. The highest BCUT2D eigenvalue weighted by molar-refractivity contribution is 7.92. The molecule has 0 fully saturated rings. The van der Waals surface area contributed by atoms with Gasteiger partial charge in [0.1, 0.15) is 17.3 Å². The third kappa shape index (κ3) is 5.24. The quantitative estimate of drug-likeness (QED) is 0.266. The van der Waals surface area contributed by atoms with Crippen LogP contribution in [-0.4, -0.2) is 30.1 Å². The van der Waals surface area contributed by atoms with Crippen molar-refractivity contribution in [1.82, 2.24) is 9.55 Å². The molecule has 0 atom stereocenters. The number of rotatable bonds is 6. The predicted molar refractivity (Wildman–Crippen MR) is 141 cm³/mol. The second kappa shape index (κ2) is 9.21. The van der Waals surface area contributed by atoms with Gasteiger partial charge >= 0.3 is 0 Å². The van der Waals surface area contributed by atoms with E-state index in [2.05, 4.69) is 15.0 Å². The van der Waals surface area contributed by atoms with Crippen molar-refractivity contribution in [3.8, 4) is 22.4 Å². The number of hydrogen-bond donors (Lipinski definition) is 3. The molecule has 0 bridgehead atoms. The molecule has 0 saturated heterocycles. The number of aromatic nitrogens is 2. The summed E-state index contributed by atoms with van der Waals surface area (Å²) in [5, 5.41) is 3.57. The van der Waals surface area contributed by atoms with E-state index >= 15 is 0 Å². The zero-order valence-corrected chi connectivity index (χ0v) is 20.7. The fourth-order valence-electron chi connectivity index (χ4n) is 4.21. The van der Waals surface area contributed by atoms with Gasteiger partial charge in [0.25, 0.3) is 5.91 Å². The molecule has 0 saturated carbocycles. The molecule has 37 heavy (non-hydrogen) atoms. The first-order valence-corrected chi connectivity index (χ1v) is 13.1.